The molecule has 4 aromatic rings. The van der Waals surface area contributed by atoms with Crippen molar-refractivity contribution in [3.8, 4) is 0 Å². The van der Waals surface area contributed by atoms with Gasteiger partial charge in [-0.15, -0.1) is 0 Å². The molecule has 0 fully saturated rings. The fourth-order valence-corrected chi connectivity index (χ4v) is 5.40. The lowest BCUT2D eigenvalue weighted by Gasteiger charge is -2.24. The molecule has 0 spiro atoms. The molecule has 7 heteroatoms. The summed E-state index contributed by atoms with van der Waals surface area (Å²) in [6.07, 6.45) is 0. The van der Waals surface area contributed by atoms with Crippen LogP contribution in [-0.4, -0.2) is 16.7 Å². The monoisotopic (exact) mass is 472 g/mol. The Labute approximate surface area is 200 Å². The standard InChI is InChI=1S/C27H24N2O4S/c1-14-24(15(2)30)34-26(28-14)29-21(16-10-12-17(13-11-16)27(3,4)5)20-22(31)18-8-6-7-9-19(18)33-23(20)25(29)32/h6-13,21H,1-5H3. The zero-order valence-corrected chi connectivity index (χ0v) is 20.4. The Balaban J connectivity index is 1.76. The van der Waals surface area contributed by atoms with Crippen LogP contribution in [0.3, 0.4) is 0 Å². The number of carbonyl (C=O) groups is 2. The first kappa shape index (κ1) is 22.2. The summed E-state index contributed by atoms with van der Waals surface area (Å²) in [5, 5.41) is 0.791. The van der Waals surface area contributed by atoms with Gasteiger partial charge in [0.1, 0.15) is 5.58 Å². The van der Waals surface area contributed by atoms with Gasteiger partial charge in [-0.3, -0.25) is 19.3 Å². The predicted molar refractivity (Wildman–Crippen MR) is 133 cm³/mol. The number of rotatable bonds is 3. The van der Waals surface area contributed by atoms with Crippen LogP contribution in [0.15, 0.2) is 57.7 Å². The summed E-state index contributed by atoms with van der Waals surface area (Å²) >= 11 is 1.16. The van der Waals surface area contributed by atoms with Crippen molar-refractivity contribution in [3.05, 3.63) is 91.8 Å². The fraction of sp³-hybridized carbons (Fsp3) is 0.259. The largest absolute Gasteiger partial charge is 0.450 e. The molecule has 3 heterocycles. The topological polar surface area (TPSA) is 80.5 Å². The van der Waals surface area contributed by atoms with E-state index in [0.717, 1.165) is 22.5 Å². The van der Waals surface area contributed by atoms with Crippen LogP contribution in [0.1, 0.15) is 76.3 Å². The van der Waals surface area contributed by atoms with E-state index in [1.165, 1.54) is 11.8 Å². The Hall–Kier alpha value is -3.58. The summed E-state index contributed by atoms with van der Waals surface area (Å²) in [6, 6.07) is 14.2. The molecule has 1 aliphatic heterocycles. The van der Waals surface area contributed by atoms with E-state index >= 15 is 0 Å². The highest BCUT2D eigenvalue weighted by Crippen LogP contribution is 2.43. The fourth-order valence-electron chi connectivity index (χ4n) is 4.41. The molecule has 0 radical (unpaired) electrons. The van der Waals surface area contributed by atoms with Crippen LogP contribution < -0.4 is 10.3 Å². The van der Waals surface area contributed by atoms with Crippen LogP contribution in [0.2, 0.25) is 0 Å². The van der Waals surface area contributed by atoms with Gasteiger partial charge in [-0.1, -0.05) is 68.5 Å². The van der Waals surface area contributed by atoms with E-state index in [-0.39, 0.29) is 22.4 Å². The minimum Gasteiger partial charge on any atom is -0.450 e. The van der Waals surface area contributed by atoms with E-state index in [1.807, 2.05) is 24.3 Å². The summed E-state index contributed by atoms with van der Waals surface area (Å²) in [4.78, 5) is 45.9. The molecule has 0 aliphatic carbocycles. The lowest BCUT2D eigenvalue weighted by atomic mass is 9.86. The van der Waals surface area contributed by atoms with E-state index in [0.29, 0.717) is 32.2 Å². The number of hydrogen-bond acceptors (Lipinski definition) is 6. The van der Waals surface area contributed by atoms with Gasteiger partial charge in [0.05, 0.1) is 27.6 Å². The van der Waals surface area contributed by atoms with Gasteiger partial charge >= 0.3 is 0 Å². The first-order chi connectivity index (χ1) is 16.1. The lowest BCUT2D eigenvalue weighted by molar-refractivity contribution is 0.0969. The summed E-state index contributed by atoms with van der Waals surface area (Å²) in [6.45, 7) is 9.61. The number of fused-ring (bicyclic) bond motifs is 2. The Morgan fingerprint density at radius 3 is 2.35 bits per heavy atom. The number of amides is 1. The van der Waals surface area contributed by atoms with Gasteiger partial charge in [-0.2, -0.15) is 0 Å². The zero-order valence-electron chi connectivity index (χ0n) is 19.6. The van der Waals surface area contributed by atoms with Crippen LogP contribution in [-0.2, 0) is 5.41 Å². The van der Waals surface area contributed by atoms with E-state index in [2.05, 4.69) is 25.8 Å². The normalized spacial score (nSPS) is 15.7. The van der Waals surface area contributed by atoms with Crippen molar-refractivity contribution in [1.82, 2.24) is 4.98 Å². The second-order valence-electron chi connectivity index (χ2n) is 9.59. The molecule has 1 atom stereocenters. The molecular weight excluding hydrogens is 448 g/mol. The third-order valence-corrected chi connectivity index (χ3v) is 7.44. The number of benzene rings is 2. The van der Waals surface area contributed by atoms with Crippen molar-refractivity contribution in [2.24, 2.45) is 0 Å². The molecule has 6 nitrogen and oxygen atoms in total. The average Bonchev–Trinajstić information content (AvgIpc) is 3.31. The maximum absolute atomic E-state index is 13.7. The number of ketones is 1. The van der Waals surface area contributed by atoms with Crippen molar-refractivity contribution in [2.75, 3.05) is 4.90 Å². The minimum absolute atomic E-state index is 0.0193. The molecule has 34 heavy (non-hydrogen) atoms. The van der Waals surface area contributed by atoms with Gasteiger partial charge < -0.3 is 4.42 Å². The molecule has 1 aliphatic rings. The van der Waals surface area contributed by atoms with Crippen molar-refractivity contribution in [3.63, 3.8) is 0 Å². The van der Waals surface area contributed by atoms with Crippen molar-refractivity contribution >= 4 is 39.1 Å². The highest BCUT2D eigenvalue weighted by molar-refractivity contribution is 7.17. The van der Waals surface area contributed by atoms with Crippen LogP contribution >= 0.6 is 11.3 Å². The van der Waals surface area contributed by atoms with Crippen molar-refractivity contribution in [1.29, 1.82) is 0 Å². The zero-order chi connectivity index (χ0) is 24.4. The maximum atomic E-state index is 13.7. The number of thiazole rings is 1. The Kier molecular flexibility index (Phi) is 5.06. The lowest BCUT2D eigenvalue weighted by Crippen LogP contribution is -2.29. The van der Waals surface area contributed by atoms with E-state index in [1.54, 1.807) is 31.2 Å². The highest BCUT2D eigenvalue weighted by atomic mass is 32.1. The molecule has 1 unspecified atom stereocenters. The van der Waals surface area contributed by atoms with Crippen molar-refractivity contribution < 1.29 is 14.0 Å². The molecule has 0 saturated heterocycles. The molecule has 0 bridgehead atoms. The number of carbonyl (C=O) groups excluding carboxylic acids is 2. The second kappa shape index (κ2) is 7.74. The van der Waals surface area contributed by atoms with Gasteiger partial charge in [0.25, 0.3) is 5.91 Å². The van der Waals surface area contributed by atoms with E-state index in [4.69, 9.17) is 4.42 Å². The second-order valence-corrected chi connectivity index (χ2v) is 10.6. The summed E-state index contributed by atoms with van der Waals surface area (Å²) < 4.78 is 5.98. The molecular formula is C27H24N2O4S. The summed E-state index contributed by atoms with van der Waals surface area (Å²) in [7, 11) is 0. The predicted octanol–water partition coefficient (Wildman–Crippen LogP) is 5.81. The average molecular weight is 473 g/mol. The van der Waals surface area contributed by atoms with Gasteiger partial charge in [0.15, 0.2) is 16.3 Å². The molecule has 172 valence electrons. The Bertz CT molecular complexity index is 1520. The van der Waals surface area contributed by atoms with Crippen molar-refractivity contribution in [2.45, 2.75) is 46.1 Å². The quantitative estimate of drug-likeness (QED) is 0.352. The Morgan fingerprint density at radius 1 is 1.06 bits per heavy atom. The number of aromatic nitrogens is 1. The Morgan fingerprint density at radius 2 is 1.74 bits per heavy atom. The number of para-hydroxylation sites is 1. The number of aryl methyl sites for hydroxylation is 1. The molecule has 2 aromatic carbocycles. The van der Waals surface area contributed by atoms with E-state index in [9.17, 15) is 14.4 Å². The molecule has 0 saturated carbocycles. The van der Waals surface area contributed by atoms with Crippen LogP contribution in [0.25, 0.3) is 11.0 Å². The first-order valence-electron chi connectivity index (χ1n) is 11.1. The maximum Gasteiger partial charge on any atom is 0.297 e. The number of hydrogen-bond donors (Lipinski definition) is 0. The SMILES string of the molecule is CC(=O)c1sc(N2C(=O)c3oc4ccccc4c(=O)c3C2c2ccc(C(C)(C)C)cc2)nc1C. The minimum atomic E-state index is -0.706. The number of Topliss-reactive ketones (excluding diaryl/α,β-unsaturated/α-hetero) is 1. The van der Waals surface area contributed by atoms with E-state index < -0.39 is 11.9 Å². The number of nitrogens with zero attached hydrogens (tertiary/aromatic N) is 2. The van der Waals surface area contributed by atoms with Gasteiger partial charge in [0, 0.05) is 6.92 Å². The first-order valence-corrected chi connectivity index (χ1v) is 11.9. The third kappa shape index (κ3) is 3.39. The van der Waals surface area contributed by atoms with Gasteiger partial charge in [-0.05, 0) is 35.6 Å². The van der Waals surface area contributed by atoms with Crippen LogP contribution in [0.5, 0.6) is 0 Å². The van der Waals surface area contributed by atoms with Gasteiger partial charge in [0.2, 0.25) is 5.76 Å². The van der Waals surface area contributed by atoms with Crippen LogP contribution in [0, 0.1) is 6.92 Å². The smallest absolute Gasteiger partial charge is 0.297 e. The summed E-state index contributed by atoms with van der Waals surface area (Å²) in [5.74, 6) is -0.533. The highest BCUT2D eigenvalue weighted by Gasteiger charge is 2.45. The third-order valence-electron chi connectivity index (χ3n) is 6.18. The molecule has 5 rings (SSSR count). The van der Waals surface area contributed by atoms with Gasteiger partial charge in [-0.25, -0.2) is 4.98 Å². The van der Waals surface area contributed by atoms with Crippen LogP contribution in [0.4, 0.5) is 5.13 Å². The molecule has 1 amide bonds. The molecule has 0 N–H and O–H groups in total. The molecule has 2 aromatic heterocycles. The number of anilines is 1. The summed E-state index contributed by atoms with van der Waals surface area (Å²) in [5.41, 5.74) is 2.86.